The SMILES string of the molecule is CCCCCCCCCCCCCCCCCC(=O)OC[C@H](COP(=O)(O)OCCNC(=O)N(C)c1ccc([N+]#N)cc1)OC(=O)CCCCCCCCCCCCCCCCC. The Morgan fingerprint density at radius 1 is 0.619 bits per heavy atom. The number of benzene rings is 1. The molecule has 1 rings (SSSR count). The van der Waals surface area contributed by atoms with Gasteiger partial charge in [-0.2, -0.15) is 0 Å². The van der Waals surface area contributed by atoms with E-state index in [2.05, 4.69) is 24.1 Å². The average molecular weight is 908 g/mol. The van der Waals surface area contributed by atoms with Gasteiger partial charge in [0.05, 0.1) is 13.2 Å². The van der Waals surface area contributed by atoms with Gasteiger partial charge < -0.3 is 19.7 Å². The minimum Gasteiger partial charge on any atom is -0.462 e. The normalized spacial score (nSPS) is 12.6. The molecule has 63 heavy (non-hydrogen) atoms. The van der Waals surface area contributed by atoms with E-state index in [4.69, 9.17) is 23.9 Å². The minimum atomic E-state index is -4.62. The molecular formula is C49H88N4O9P+. The highest BCUT2D eigenvalue weighted by Crippen LogP contribution is 2.43. The van der Waals surface area contributed by atoms with Crippen molar-refractivity contribution in [3.05, 3.63) is 29.2 Å². The number of hydrogen-bond acceptors (Lipinski definition) is 9. The molecule has 13 nitrogen and oxygen atoms in total. The molecule has 1 aromatic carbocycles. The van der Waals surface area contributed by atoms with Gasteiger partial charge in [0.15, 0.2) is 11.1 Å². The number of urea groups is 1. The van der Waals surface area contributed by atoms with Crippen LogP contribution in [0.3, 0.4) is 0 Å². The molecule has 0 aliphatic heterocycles. The molecule has 2 N–H and O–H groups in total. The molecule has 362 valence electrons. The Balaban J connectivity index is 2.41. The molecule has 0 aliphatic rings. The van der Waals surface area contributed by atoms with E-state index >= 15 is 0 Å². The smallest absolute Gasteiger partial charge is 0.462 e. The number of unbranched alkanes of at least 4 members (excludes halogenated alkanes) is 28. The lowest BCUT2D eigenvalue weighted by atomic mass is 10.0. The van der Waals surface area contributed by atoms with Crippen LogP contribution in [0.2, 0.25) is 0 Å². The number of ether oxygens (including phenoxy) is 2. The molecule has 2 atom stereocenters. The second-order valence-corrected chi connectivity index (χ2v) is 18.7. The number of carbonyl (C=O) groups excluding carboxylic acids is 3. The number of carbonyl (C=O) groups is 3. The Morgan fingerprint density at radius 2 is 1.02 bits per heavy atom. The Hall–Kier alpha value is -3.04. The third-order valence-electron chi connectivity index (χ3n) is 11.4. The molecule has 1 unspecified atom stereocenters. The highest BCUT2D eigenvalue weighted by molar-refractivity contribution is 7.47. The van der Waals surface area contributed by atoms with Crippen molar-refractivity contribution in [2.24, 2.45) is 0 Å². The van der Waals surface area contributed by atoms with Crippen LogP contribution in [0.15, 0.2) is 24.3 Å². The fourth-order valence-electron chi connectivity index (χ4n) is 7.41. The number of diazo groups is 1. The summed E-state index contributed by atoms with van der Waals surface area (Å²) in [4.78, 5) is 52.7. The van der Waals surface area contributed by atoms with Gasteiger partial charge in [0.25, 0.3) is 0 Å². The number of amides is 2. The summed E-state index contributed by atoms with van der Waals surface area (Å²) in [5.41, 5.74) is 0.873. The van der Waals surface area contributed by atoms with Gasteiger partial charge in [0.2, 0.25) is 5.39 Å². The Kier molecular flexibility index (Phi) is 37.2. The first-order chi connectivity index (χ1) is 30.6. The summed E-state index contributed by atoms with van der Waals surface area (Å²) in [7, 11) is -3.08. The van der Waals surface area contributed by atoms with Gasteiger partial charge in [-0.15, -0.1) is 0 Å². The van der Waals surface area contributed by atoms with E-state index in [0.29, 0.717) is 24.2 Å². The van der Waals surface area contributed by atoms with Crippen LogP contribution in [0.5, 0.6) is 0 Å². The fraction of sp³-hybridized carbons (Fsp3) is 0.816. The van der Waals surface area contributed by atoms with Crippen LogP contribution in [0.4, 0.5) is 16.2 Å². The summed E-state index contributed by atoms with van der Waals surface area (Å²) in [5.74, 6) is -0.908. The van der Waals surface area contributed by atoms with E-state index in [1.807, 2.05) is 0 Å². The van der Waals surface area contributed by atoms with Crippen molar-refractivity contribution < 1.29 is 42.4 Å². The molecule has 0 saturated heterocycles. The number of anilines is 1. The second kappa shape index (κ2) is 40.5. The first-order valence-electron chi connectivity index (χ1n) is 25.1. The minimum absolute atomic E-state index is 0.101. The molecule has 0 saturated carbocycles. The molecule has 0 fully saturated rings. The number of phosphoric acid groups is 1. The van der Waals surface area contributed by atoms with Crippen LogP contribution in [0, 0.1) is 5.39 Å². The van der Waals surface area contributed by atoms with Gasteiger partial charge in [-0.05, 0) is 25.0 Å². The van der Waals surface area contributed by atoms with Crippen LogP contribution >= 0.6 is 7.82 Å². The molecule has 0 aliphatic carbocycles. The molecule has 0 aromatic heterocycles. The lowest BCUT2D eigenvalue weighted by molar-refractivity contribution is -0.161. The van der Waals surface area contributed by atoms with E-state index in [1.165, 1.54) is 165 Å². The van der Waals surface area contributed by atoms with E-state index in [0.717, 1.165) is 38.5 Å². The lowest BCUT2D eigenvalue weighted by Gasteiger charge is -2.20. The summed E-state index contributed by atoms with van der Waals surface area (Å²) in [5, 5.41) is 11.4. The fourth-order valence-corrected chi connectivity index (χ4v) is 8.16. The lowest BCUT2D eigenvalue weighted by Crippen LogP contribution is -2.38. The van der Waals surface area contributed by atoms with Crippen molar-refractivity contribution in [1.82, 2.24) is 5.32 Å². The average Bonchev–Trinajstić information content (AvgIpc) is 3.28. The number of nitrogens with zero attached hydrogens (tertiary/aromatic N) is 3. The van der Waals surface area contributed by atoms with E-state index in [1.54, 1.807) is 12.1 Å². The molecule has 0 radical (unpaired) electrons. The largest absolute Gasteiger partial charge is 0.472 e. The first-order valence-corrected chi connectivity index (χ1v) is 26.5. The van der Waals surface area contributed by atoms with Crippen molar-refractivity contribution >= 4 is 37.2 Å². The molecule has 14 heteroatoms. The topological polar surface area (TPSA) is 169 Å². The zero-order valence-electron chi connectivity index (χ0n) is 39.8. The van der Waals surface area contributed by atoms with Crippen molar-refractivity contribution in [2.45, 2.75) is 225 Å². The monoisotopic (exact) mass is 908 g/mol. The summed E-state index contributed by atoms with van der Waals surface area (Å²) >= 11 is 0. The number of hydrogen-bond donors (Lipinski definition) is 2. The van der Waals surface area contributed by atoms with Gasteiger partial charge in [0, 0.05) is 44.3 Å². The van der Waals surface area contributed by atoms with Gasteiger partial charge in [-0.25, -0.2) is 9.36 Å². The van der Waals surface area contributed by atoms with E-state index in [9.17, 15) is 23.8 Å². The van der Waals surface area contributed by atoms with Crippen LogP contribution in [0.25, 0.3) is 4.98 Å². The summed E-state index contributed by atoms with van der Waals surface area (Å²) in [6.07, 6.45) is 36.0. The molecule has 1 aromatic rings. The van der Waals surface area contributed by atoms with Gasteiger partial charge in [-0.1, -0.05) is 194 Å². The Morgan fingerprint density at radius 3 is 1.43 bits per heavy atom. The maximum Gasteiger partial charge on any atom is 0.472 e. The van der Waals surface area contributed by atoms with Gasteiger partial charge in [-0.3, -0.25) is 23.5 Å². The van der Waals surface area contributed by atoms with Crippen LogP contribution in [0.1, 0.15) is 219 Å². The zero-order chi connectivity index (χ0) is 46.1. The van der Waals surface area contributed by atoms with Crippen molar-refractivity contribution in [3.8, 4) is 0 Å². The highest BCUT2D eigenvalue weighted by Gasteiger charge is 2.26. The van der Waals surface area contributed by atoms with Gasteiger partial charge >= 0.3 is 31.5 Å². The third kappa shape index (κ3) is 35.0. The first kappa shape index (κ1) is 58.0. The summed E-state index contributed by atoms with van der Waals surface area (Å²) < 4.78 is 33.9. The van der Waals surface area contributed by atoms with Gasteiger partial charge in [0.1, 0.15) is 6.61 Å². The van der Waals surface area contributed by atoms with Crippen molar-refractivity contribution in [1.29, 1.82) is 5.39 Å². The van der Waals surface area contributed by atoms with Crippen molar-refractivity contribution in [2.75, 3.05) is 38.3 Å². The summed E-state index contributed by atoms with van der Waals surface area (Å²) in [6.45, 7) is 3.24. The standard InChI is InChI=1S/C49H87N4O9P/c1-4-6-8-10-12-14-16-18-20-22-24-26-28-30-32-34-47(54)59-42-46(62-48(55)35-33-31-29-27-25-23-21-19-17-15-13-11-9-7-5-2)43-61-63(57,58)60-41-40-51-49(56)53(3)45-38-36-44(52-50)37-39-45/h36-39,46H,4-35,40-43H2,1-3H3,(H-,51,56,57,58)/p+1/t46-/m1/s1. The maximum absolute atomic E-state index is 12.8. The second-order valence-electron chi connectivity index (χ2n) is 17.2. The molecule has 2 amide bonds. The quantitative estimate of drug-likeness (QED) is 0.0278. The van der Waals surface area contributed by atoms with Crippen LogP contribution in [-0.2, 0) is 32.7 Å². The zero-order valence-corrected chi connectivity index (χ0v) is 40.7. The number of rotatable bonds is 43. The van der Waals surface area contributed by atoms with Crippen LogP contribution in [-0.4, -0.2) is 62.4 Å². The van der Waals surface area contributed by atoms with Crippen molar-refractivity contribution in [3.63, 3.8) is 0 Å². The Bertz CT molecular complexity index is 1380. The summed E-state index contributed by atoms with van der Waals surface area (Å²) in [6, 6.07) is 5.78. The molecule has 0 bridgehead atoms. The van der Waals surface area contributed by atoms with E-state index < -0.39 is 38.5 Å². The number of esters is 2. The number of nitrogens with one attached hydrogen (secondary N) is 1. The predicted octanol–water partition coefficient (Wildman–Crippen LogP) is 14.4. The highest BCUT2D eigenvalue weighted by atomic mass is 31.2. The molecule has 0 heterocycles. The molecular weight excluding hydrogens is 820 g/mol. The van der Waals surface area contributed by atoms with E-state index in [-0.39, 0.29) is 32.6 Å². The third-order valence-corrected chi connectivity index (χ3v) is 12.4. The number of phosphoric ester groups is 1. The van der Waals surface area contributed by atoms with Crippen LogP contribution < -0.4 is 10.2 Å². The maximum atomic E-state index is 12.8. The Labute approximate surface area is 382 Å². The molecule has 0 spiro atoms. The predicted molar refractivity (Wildman–Crippen MR) is 255 cm³/mol.